The molecule has 0 bridgehead atoms. The molecule has 1 unspecified atom stereocenters. The Morgan fingerprint density at radius 1 is 1.06 bits per heavy atom. The molecule has 0 heterocycles. The molecule has 3 rings (SSSR count). The average molecular weight is 442 g/mol. The SMILES string of the molecule is COC(=O)c1ccc(C(C)NC(=O)c2cc(Cl)ccc2COc2ccccc2F)cc1. The van der Waals surface area contributed by atoms with Crippen molar-refractivity contribution in [2.24, 2.45) is 0 Å². The van der Waals surface area contributed by atoms with E-state index >= 15 is 0 Å². The van der Waals surface area contributed by atoms with Gasteiger partial charge in [-0.25, -0.2) is 9.18 Å². The maximum absolute atomic E-state index is 13.8. The molecule has 0 aliphatic heterocycles. The molecule has 7 heteroatoms. The van der Waals surface area contributed by atoms with Gasteiger partial charge in [-0.1, -0.05) is 41.9 Å². The summed E-state index contributed by atoms with van der Waals surface area (Å²) in [6.07, 6.45) is 0. The lowest BCUT2D eigenvalue weighted by molar-refractivity contribution is 0.0600. The molecule has 3 aromatic carbocycles. The summed E-state index contributed by atoms with van der Waals surface area (Å²) >= 11 is 6.09. The number of carbonyl (C=O) groups excluding carboxylic acids is 2. The van der Waals surface area contributed by atoms with Gasteiger partial charge >= 0.3 is 5.97 Å². The number of benzene rings is 3. The Hall–Kier alpha value is -3.38. The van der Waals surface area contributed by atoms with Crippen molar-refractivity contribution >= 4 is 23.5 Å². The van der Waals surface area contributed by atoms with Gasteiger partial charge in [0, 0.05) is 16.1 Å². The third kappa shape index (κ3) is 5.61. The number of esters is 1. The molecule has 0 spiro atoms. The van der Waals surface area contributed by atoms with Crippen molar-refractivity contribution in [3.05, 3.63) is 99.8 Å². The summed E-state index contributed by atoms with van der Waals surface area (Å²) in [7, 11) is 1.32. The van der Waals surface area contributed by atoms with Crippen LogP contribution in [0.2, 0.25) is 5.02 Å². The number of rotatable bonds is 7. The molecule has 0 radical (unpaired) electrons. The summed E-state index contributed by atoms with van der Waals surface area (Å²) in [5.74, 6) is -1.16. The Morgan fingerprint density at radius 2 is 1.77 bits per heavy atom. The number of carbonyl (C=O) groups is 2. The van der Waals surface area contributed by atoms with Crippen molar-refractivity contribution in [1.29, 1.82) is 0 Å². The summed E-state index contributed by atoms with van der Waals surface area (Å²) < 4.78 is 24.1. The Labute approximate surface area is 184 Å². The fraction of sp³-hybridized carbons (Fsp3) is 0.167. The lowest BCUT2D eigenvalue weighted by Gasteiger charge is -2.17. The van der Waals surface area contributed by atoms with Crippen LogP contribution >= 0.6 is 11.6 Å². The van der Waals surface area contributed by atoms with E-state index in [9.17, 15) is 14.0 Å². The van der Waals surface area contributed by atoms with Crippen LogP contribution in [-0.2, 0) is 11.3 Å². The Kier molecular flexibility index (Phi) is 7.26. The van der Waals surface area contributed by atoms with E-state index in [1.54, 1.807) is 54.6 Å². The van der Waals surface area contributed by atoms with E-state index in [4.69, 9.17) is 16.3 Å². The number of amides is 1. The predicted octanol–water partition coefficient (Wildman–Crippen LogP) is 5.34. The fourth-order valence-electron chi connectivity index (χ4n) is 2.99. The lowest BCUT2D eigenvalue weighted by Crippen LogP contribution is -2.28. The van der Waals surface area contributed by atoms with Gasteiger partial charge in [-0.3, -0.25) is 4.79 Å². The van der Waals surface area contributed by atoms with Gasteiger partial charge in [-0.2, -0.15) is 0 Å². The number of hydrogen-bond acceptors (Lipinski definition) is 4. The van der Waals surface area contributed by atoms with Gasteiger partial charge in [0.15, 0.2) is 11.6 Å². The van der Waals surface area contributed by atoms with Gasteiger partial charge in [0.1, 0.15) is 6.61 Å². The van der Waals surface area contributed by atoms with Crippen LogP contribution < -0.4 is 10.1 Å². The van der Waals surface area contributed by atoms with Crippen LogP contribution in [0.1, 0.15) is 44.8 Å². The summed E-state index contributed by atoms with van der Waals surface area (Å²) in [5, 5.41) is 3.31. The minimum Gasteiger partial charge on any atom is -0.486 e. The van der Waals surface area contributed by atoms with Gasteiger partial charge < -0.3 is 14.8 Å². The van der Waals surface area contributed by atoms with E-state index in [0.29, 0.717) is 21.7 Å². The Morgan fingerprint density at radius 3 is 2.45 bits per heavy atom. The fourth-order valence-corrected chi connectivity index (χ4v) is 3.16. The second-order valence-electron chi connectivity index (χ2n) is 6.83. The first-order valence-corrected chi connectivity index (χ1v) is 9.91. The third-order valence-electron chi connectivity index (χ3n) is 4.72. The molecule has 0 aliphatic carbocycles. The van der Waals surface area contributed by atoms with Crippen molar-refractivity contribution < 1.29 is 23.5 Å². The highest BCUT2D eigenvalue weighted by Crippen LogP contribution is 2.22. The highest BCUT2D eigenvalue weighted by molar-refractivity contribution is 6.31. The van der Waals surface area contributed by atoms with Gasteiger partial charge in [-0.15, -0.1) is 0 Å². The second kappa shape index (κ2) is 10.1. The zero-order valence-corrected chi connectivity index (χ0v) is 17.8. The number of hydrogen-bond donors (Lipinski definition) is 1. The quantitative estimate of drug-likeness (QED) is 0.503. The molecule has 1 amide bonds. The molecule has 3 aromatic rings. The van der Waals surface area contributed by atoms with E-state index in [2.05, 4.69) is 10.1 Å². The standard InChI is InChI=1S/C24H21ClFNO4/c1-15(16-7-9-17(10-8-16)24(29)30-2)27-23(28)20-13-19(25)12-11-18(20)14-31-22-6-4-3-5-21(22)26/h3-13,15H,14H2,1-2H3,(H,27,28). The highest BCUT2D eigenvalue weighted by atomic mass is 35.5. The zero-order chi connectivity index (χ0) is 22.4. The van der Waals surface area contributed by atoms with Gasteiger partial charge in [0.25, 0.3) is 5.91 Å². The van der Waals surface area contributed by atoms with Gasteiger partial charge in [0.2, 0.25) is 0 Å². The number of para-hydroxylation sites is 1. The number of halogens is 2. The first-order valence-electron chi connectivity index (χ1n) is 9.54. The number of ether oxygens (including phenoxy) is 2. The van der Waals surface area contributed by atoms with Crippen molar-refractivity contribution in [2.75, 3.05) is 7.11 Å². The van der Waals surface area contributed by atoms with Crippen molar-refractivity contribution in [1.82, 2.24) is 5.32 Å². The van der Waals surface area contributed by atoms with Crippen molar-refractivity contribution in [2.45, 2.75) is 19.6 Å². The molecule has 0 saturated carbocycles. The number of nitrogens with one attached hydrogen (secondary N) is 1. The maximum atomic E-state index is 13.8. The topological polar surface area (TPSA) is 64.6 Å². The number of methoxy groups -OCH3 is 1. The molecule has 1 atom stereocenters. The molecule has 160 valence electrons. The summed E-state index contributed by atoms with van der Waals surface area (Å²) in [5.41, 5.74) is 2.14. The summed E-state index contributed by atoms with van der Waals surface area (Å²) in [6, 6.07) is 17.4. The summed E-state index contributed by atoms with van der Waals surface area (Å²) in [4.78, 5) is 24.5. The predicted molar refractivity (Wildman–Crippen MR) is 116 cm³/mol. The van der Waals surface area contributed by atoms with Gasteiger partial charge in [0.05, 0.1) is 18.7 Å². The molecule has 0 fully saturated rings. The Balaban J connectivity index is 1.74. The Bertz CT molecular complexity index is 1090. The minimum absolute atomic E-state index is 0.00304. The van der Waals surface area contributed by atoms with E-state index in [1.165, 1.54) is 19.2 Å². The van der Waals surface area contributed by atoms with Crippen molar-refractivity contribution in [3.63, 3.8) is 0 Å². The molecule has 1 N–H and O–H groups in total. The molecule has 0 aromatic heterocycles. The van der Waals surface area contributed by atoms with E-state index < -0.39 is 11.8 Å². The normalized spacial score (nSPS) is 11.5. The molecule has 0 saturated heterocycles. The molecular weight excluding hydrogens is 421 g/mol. The van der Waals surface area contributed by atoms with Crippen molar-refractivity contribution in [3.8, 4) is 5.75 Å². The molecule has 5 nitrogen and oxygen atoms in total. The largest absolute Gasteiger partial charge is 0.486 e. The van der Waals surface area contributed by atoms with Crippen LogP contribution in [0.5, 0.6) is 5.75 Å². The third-order valence-corrected chi connectivity index (χ3v) is 4.95. The average Bonchev–Trinajstić information content (AvgIpc) is 2.78. The molecule has 0 aliphatic rings. The minimum atomic E-state index is -0.480. The summed E-state index contributed by atoms with van der Waals surface area (Å²) in [6.45, 7) is 1.83. The van der Waals surface area contributed by atoms with E-state index in [-0.39, 0.29) is 24.3 Å². The van der Waals surface area contributed by atoms with Crippen LogP contribution in [0.25, 0.3) is 0 Å². The first kappa shape index (κ1) is 22.3. The van der Waals surface area contributed by atoms with Gasteiger partial charge in [-0.05, 0) is 48.9 Å². The highest BCUT2D eigenvalue weighted by Gasteiger charge is 2.17. The van der Waals surface area contributed by atoms with Crippen LogP contribution in [-0.4, -0.2) is 19.0 Å². The van der Waals surface area contributed by atoms with E-state index in [0.717, 1.165) is 5.56 Å². The monoisotopic (exact) mass is 441 g/mol. The van der Waals surface area contributed by atoms with Crippen LogP contribution in [0, 0.1) is 5.82 Å². The molecule has 31 heavy (non-hydrogen) atoms. The van der Waals surface area contributed by atoms with E-state index in [1.807, 2.05) is 6.92 Å². The van der Waals surface area contributed by atoms with Crippen LogP contribution in [0.3, 0.4) is 0 Å². The van der Waals surface area contributed by atoms with Crippen LogP contribution in [0.15, 0.2) is 66.7 Å². The second-order valence-corrected chi connectivity index (χ2v) is 7.27. The van der Waals surface area contributed by atoms with Crippen LogP contribution in [0.4, 0.5) is 4.39 Å². The first-order chi connectivity index (χ1) is 14.9. The zero-order valence-electron chi connectivity index (χ0n) is 17.0. The smallest absolute Gasteiger partial charge is 0.337 e. The maximum Gasteiger partial charge on any atom is 0.337 e. The lowest BCUT2D eigenvalue weighted by atomic mass is 10.0. The molecular formula is C24H21ClFNO4.